The molecule has 4 aromatic rings. The highest BCUT2D eigenvalue weighted by Gasteiger charge is 2.43. The number of phenols is 1. The summed E-state index contributed by atoms with van der Waals surface area (Å²) in [7, 11) is 0. The molecule has 5 rings (SSSR count). The average molecular weight is 397 g/mol. The molecule has 3 N–H and O–H groups in total. The second-order valence-electron chi connectivity index (χ2n) is 8.29. The quantitative estimate of drug-likeness (QED) is 0.476. The first kappa shape index (κ1) is 18.9. The third kappa shape index (κ3) is 3.70. The van der Waals surface area contributed by atoms with Crippen LogP contribution in [0.4, 0.5) is 0 Å². The first-order valence-electron chi connectivity index (χ1n) is 10.8. The van der Waals surface area contributed by atoms with Gasteiger partial charge in [-0.2, -0.15) is 0 Å². The summed E-state index contributed by atoms with van der Waals surface area (Å²) >= 11 is 0. The summed E-state index contributed by atoms with van der Waals surface area (Å²) in [6.45, 7) is 4.10. The lowest BCUT2D eigenvalue weighted by molar-refractivity contribution is -1.09. The van der Waals surface area contributed by atoms with E-state index in [-0.39, 0.29) is 6.17 Å². The number of rotatable bonds is 5. The second-order valence-corrected chi connectivity index (χ2v) is 8.29. The van der Waals surface area contributed by atoms with Gasteiger partial charge in [-0.05, 0) is 11.5 Å². The summed E-state index contributed by atoms with van der Waals surface area (Å²) in [6, 6.07) is 33.8. The Morgan fingerprint density at radius 1 is 0.633 bits per heavy atom. The van der Waals surface area contributed by atoms with Crippen LogP contribution in [0.2, 0.25) is 0 Å². The van der Waals surface area contributed by atoms with E-state index in [2.05, 4.69) is 84.9 Å². The molecule has 0 spiro atoms. The van der Waals surface area contributed by atoms with Crippen LogP contribution in [-0.2, 0) is 13.1 Å². The number of quaternary nitrogens is 2. The van der Waals surface area contributed by atoms with E-state index < -0.39 is 0 Å². The Bertz CT molecular complexity index is 1080. The standard InChI is InChI=1S/C27H26N2O/c30-25-16-15-23-13-7-8-14-24(23)26(25)27-28(19-21-9-3-1-4-10-21)17-18-29(27)20-22-11-5-2-6-12-22/h1-16,27,30H,17-20H2/p+2. The molecule has 0 saturated carbocycles. The highest BCUT2D eigenvalue weighted by molar-refractivity contribution is 5.87. The fraction of sp³-hybridized carbons (Fsp3) is 0.185. The van der Waals surface area contributed by atoms with Crippen LogP contribution in [0.3, 0.4) is 0 Å². The summed E-state index contributed by atoms with van der Waals surface area (Å²) in [5.74, 6) is 0.414. The molecule has 2 atom stereocenters. The zero-order valence-electron chi connectivity index (χ0n) is 17.1. The van der Waals surface area contributed by atoms with Crippen molar-refractivity contribution in [1.29, 1.82) is 0 Å². The number of hydrogen-bond acceptors (Lipinski definition) is 1. The fourth-order valence-corrected chi connectivity index (χ4v) is 4.99. The molecule has 1 aliphatic heterocycles. The van der Waals surface area contributed by atoms with Gasteiger partial charge in [0.25, 0.3) is 0 Å². The largest absolute Gasteiger partial charge is 0.507 e. The van der Waals surface area contributed by atoms with Gasteiger partial charge in [-0.25, -0.2) is 0 Å². The molecular formula is C27H28N2O+2. The van der Waals surface area contributed by atoms with Gasteiger partial charge in [0.15, 0.2) is 0 Å². The van der Waals surface area contributed by atoms with E-state index in [0.29, 0.717) is 5.75 Å². The van der Waals surface area contributed by atoms with Crippen molar-refractivity contribution in [3.63, 3.8) is 0 Å². The van der Waals surface area contributed by atoms with Crippen LogP contribution in [0, 0.1) is 0 Å². The summed E-state index contributed by atoms with van der Waals surface area (Å²) in [5.41, 5.74) is 3.78. The molecule has 0 bridgehead atoms. The van der Waals surface area contributed by atoms with E-state index in [4.69, 9.17) is 0 Å². The Morgan fingerprint density at radius 2 is 1.17 bits per heavy atom. The van der Waals surface area contributed by atoms with Crippen molar-refractivity contribution in [3.8, 4) is 5.75 Å². The number of benzene rings is 4. The van der Waals surface area contributed by atoms with Crippen molar-refractivity contribution in [2.75, 3.05) is 13.1 Å². The Hall–Kier alpha value is -3.14. The third-order valence-corrected chi connectivity index (χ3v) is 6.37. The van der Waals surface area contributed by atoms with Crippen LogP contribution >= 0.6 is 0 Å². The Kier molecular flexibility index (Phi) is 5.22. The van der Waals surface area contributed by atoms with Crippen molar-refractivity contribution in [3.05, 3.63) is 114 Å². The van der Waals surface area contributed by atoms with Gasteiger partial charge in [-0.15, -0.1) is 0 Å². The number of aromatic hydroxyl groups is 1. The molecule has 1 aliphatic rings. The first-order valence-corrected chi connectivity index (χ1v) is 10.8. The lowest BCUT2D eigenvalue weighted by atomic mass is 9.99. The van der Waals surface area contributed by atoms with E-state index in [1.165, 1.54) is 31.7 Å². The molecule has 30 heavy (non-hydrogen) atoms. The predicted molar refractivity (Wildman–Crippen MR) is 120 cm³/mol. The van der Waals surface area contributed by atoms with Crippen LogP contribution in [0.25, 0.3) is 10.8 Å². The van der Waals surface area contributed by atoms with Gasteiger partial charge in [-0.3, -0.25) is 9.80 Å². The summed E-state index contributed by atoms with van der Waals surface area (Å²) in [4.78, 5) is 3.03. The minimum Gasteiger partial charge on any atom is -0.507 e. The topological polar surface area (TPSA) is 29.1 Å². The maximum atomic E-state index is 11.0. The minimum atomic E-state index is 0.191. The van der Waals surface area contributed by atoms with Crippen LogP contribution in [-0.4, -0.2) is 18.2 Å². The van der Waals surface area contributed by atoms with Gasteiger partial charge in [0, 0.05) is 16.5 Å². The van der Waals surface area contributed by atoms with Crippen LogP contribution in [0.15, 0.2) is 97.1 Å². The molecule has 0 amide bonds. The average Bonchev–Trinajstić information content (AvgIpc) is 3.16. The minimum absolute atomic E-state index is 0.191. The fourth-order valence-electron chi connectivity index (χ4n) is 4.99. The third-order valence-electron chi connectivity index (χ3n) is 6.37. The highest BCUT2D eigenvalue weighted by atomic mass is 16.3. The Balaban J connectivity index is 1.57. The molecule has 0 aliphatic carbocycles. The second kappa shape index (κ2) is 8.31. The smallest absolute Gasteiger partial charge is 0.245 e. The zero-order chi connectivity index (χ0) is 20.3. The number of hydrogen-bond donors (Lipinski definition) is 3. The number of nitrogens with one attached hydrogen (secondary N) is 2. The summed E-state index contributed by atoms with van der Waals surface area (Å²) < 4.78 is 0. The molecule has 1 heterocycles. The van der Waals surface area contributed by atoms with E-state index in [1.807, 2.05) is 12.1 Å². The number of phenolic OH excluding ortho intramolecular Hbond substituents is 1. The predicted octanol–water partition coefficient (Wildman–Crippen LogP) is 2.73. The van der Waals surface area contributed by atoms with Gasteiger partial charge >= 0.3 is 0 Å². The van der Waals surface area contributed by atoms with Gasteiger partial charge in [0.1, 0.15) is 37.5 Å². The lowest BCUT2D eigenvalue weighted by Gasteiger charge is -2.26. The van der Waals surface area contributed by atoms with E-state index in [1.54, 1.807) is 0 Å². The molecule has 0 aromatic heterocycles. The normalized spacial score (nSPS) is 21.1. The molecule has 3 heteroatoms. The molecule has 2 unspecified atom stereocenters. The molecule has 1 saturated heterocycles. The molecule has 1 fully saturated rings. The maximum Gasteiger partial charge on any atom is 0.245 e. The van der Waals surface area contributed by atoms with Crippen LogP contribution in [0.5, 0.6) is 5.75 Å². The van der Waals surface area contributed by atoms with Crippen molar-refractivity contribution < 1.29 is 14.9 Å². The Morgan fingerprint density at radius 3 is 1.77 bits per heavy atom. The van der Waals surface area contributed by atoms with Crippen LogP contribution in [0.1, 0.15) is 22.9 Å². The number of fused-ring (bicyclic) bond motifs is 1. The van der Waals surface area contributed by atoms with E-state index >= 15 is 0 Å². The van der Waals surface area contributed by atoms with Crippen molar-refractivity contribution in [1.82, 2.24) is 0 Å². The zero-order valence-corrected chi connectivity index (χ0v) is 17.1. The summed E-state index contributed by atoms with van der Waals surface area (Å²) in [6.07, 6.45) is 0.191. The maximum absolute atomic E-state index is 11.0. The molecule has 3 nitrogen and oxygen atoms in total. The first-order chi connectivity index (χ1) is 14.8. The van der Waals surface area contributed by atoms with Gasteiger partial charge in [0.05, 0.1) is 0 Å². The molecular weight excluding hydrogens is 368 g/mol. The van der Waals surface area contributed by atoms with Crippen molar-refractivity contribution in [2.45, 2.75) is 19.3 Å². The van der Waals surface area contributed by atoms with Gasteiger partial charge in [-0.1, -0.05) is 91.0 Å². The molecule has 4 aromatic carbocycles. The highest BCUT2D eigenvalue weighted by Crippen LogP contribution is 2.30. The van der Waals surface area contributed by atoms with Gasteiger partial charge < -0.3 is 5.11 Å². The van der Waals surface area contributed by atoms with Crippen molar-refractivity contribution >= 4 is 10.8 Å². The summed E-state index contributed by atoms with van der Waals surface area (Å²) in [5, 5.41) is 13.4. The van der Waals surface area contributed by atoms with E-state index in [9.17, 15) is 5.11 Å². The van der Waals surface area contributed by atoms with Crippen molar-refractivity contribution in [2.24, 2.45) is 0 Å². The Labute approximate surface area is 177 Å². The monoisotopic (exact) mass is 396 g/mol. The molecule has 150 valence electrons. The van der Waals surface area contributed by atoms with Gasteiger partial charge in [0.2, 0.25) is 6.17 Å². The van der Waals surface area contributed by atoms with E-state index in [0.717, 1.165) is 31.7 Å². The molecule has 0 radical (unpaired) electrons. The SMILES string of the molecule is Oc1ccc2ccccc2c1C1[NH+](Cc2ccccc2)CC[NH+]1Cc1ccccc1. The lowest BCUT2D eigenvalue weighted by Crippen LogP contribution is -3.22. The van der Waals surface area contributed by atoms with Crippen LogP contribution < -0.4 is 9.80 Å².